The van der Waals surface area contributed by atoms with Crippen LogP contribution in [0.15, 0.2) is 35.2 Å². The molecule has 0 unspecified atom stereocenters. The Balaban J connectivity index is 2.06. The van der Waals surface area contributed by atoms with E-state index in [1.54, 1.807) is 24.3 Å². The van der Waals surface area contributed by atoms with Crippen molar-refractivity contribution in [3.8, 4) is 0 Å². The second-order valence-corrected chi connectivity index (χ2v) is 7.14. The van der Waals surface area contributed by atoms with Crippen molar-refractivity contribution in [3.63, 3.8) is 0 Å². The number of carbonyl (C=O) groups excluding carboxylic acids is 3. The number of benzene rings is 1. The molecule has 1 amide bonds. The number of hydrogen-bond acceptors (Lipinski definition) is 6. The maximum Gasteiger partial charge on any atom is 0.348 e. The van der Waals surface area contributed by atoms with Crippen molar-refractivity contribution in [3.05, 3.63) is 45.6 Å². The molecule has 0 aliphatic rings. The summed E-state index contributed by atoms with van der Waals surface area (Å²) in [6.07, 6.45) is 1.88. The monoisotopic (exact) mass is 363 g/mol. The van der Waals surface area contributed by atoms with Gasteiger partial charge in [-0.1, -0.05) is 6.07 Å². The molecule has 1 aromatic carbocycles. The van der Waals surface area contributed by atoms with Crippen LogP contribution in [0.25, 0.3) is 0 Å². The number of carbonyl (C=O) groups is 3. The molecule has 0 fully saturated rings. The van der Waals surface area contributed by atoms with Gasteiger partial charge in [-0.2, -0.15) is 0 Å². The van der Waals surface area contributed by atoms with Crippen LogP contribution in [0, 0.1) is 6.92 Å². The molecule has 0 saturated heterocycles. The molecule has 24 heavy (non-hydrogen) atoms. The molecule has 0 bridgehead atoms. The van der Waals surface area contributed by atoms with Gasteiger partial charge in [0.25, 0.3) is 0 Å². The lowest BCUT2D eigenvalue weighted by Crippen LogP contribution is -2.14. The number of hydrogen-bond donors (Lipinski definition) is 1. The zero-order valence-corrected chi connectivity index (χ0v) is 15.2. The number of anilines is 1. The summed E-state index contributed by atoms with van der Waals surface area (Å²) in [6, 6.07) is 8.51. The highest BCUT2D eigenvalue weighted by molar-refractivity contribution is 7.98. The Hall–Kier alpha value is -2.12. The molecule has 1 N–H and O–H groups in total. The smallest absolute Gasteiger partial charge is 0.348 e. The number of Topliss-reactive ketones (excluding diaryl/α,β-unsaturated/α-hetero) is 1. The second-order valence-electron chi connectivity index (χ2n) is 5.01. The summed E-state index contributed by atoms with van der Waals surface area (Å²) in [5, 5.41) is 2.69. The number of ketones is 1. The number of thiophene rings is 1. The zero-order chi connectivity index (χ0) is 17.7. The summed E-state index contributed by atoms with van der Waals surface area (Å²) in [7, 11) is 0. The lowest BCUT2D eigenvalue weighted by molar-refractivity contribution is -0.114. The van der Waals surface area contributed by atoms with Gasteiger partial charge in [0, 0.05) is 22.3 Å². The van der Waals surface area contributed by atoms with E-state index in [1.807, 2.05) is 19.2 Å². The van der Waals surface area contributed by atoms with E-state index in [2.05, 4.69) is 5.32 Å². The first-order valence-electron chi connectivity index (χ1n) is 7.13. The molecule has 2 aromatic rings. The Morgan fingerprint density at radius 3 is 2.54 bits per heavy atom. The van der Waals surface area contributed by atoms with Crippen molar-refractivity contribution in [1.82, 2.24) is 0 Å². The zero-order valence-electron chi connectivity index (χ0n) is 13.5. The van der Waals surface area contributed by atoms with E-state index in [0.29, 0.717) is 16.1 Å². The fourth-order valence-corrected chi connectivity index (χ4v) is 3.29. The fraction of sp³-hybridized carbons (Fsp3) is 0.235. The van der Waals surface area contributed by atoms with E-state index in [9.17, 15) is 14.4 Å². The third kappa shape index (κ3) is 4.69. The largest absolute Gasteiger partial charge is 0.453 e. The highest BCUT2D eigenvalue weighted by Gasteiger charge is 2.15. The van der Waals surface area contributed by atoms with Gasteiger partial charge in [-0.05, 0) is 37.4 Å². The van der Waals surface area contributed by atoms with Crippen molar-refractivity contribution in [2.45, 2.75) is 18.7 Å². The van der Waals surface area contributed by atoms with Crippen molar-refractivity contribution < 1.29 is 19.1 Å². The first-order valence-corrected chi connectivity index (χ1v) is 9.17. The molecule has 0 saturated carbocycles. The van der Waals surface area contributed by atoms with Crippen LogP contribution in [0.4, 0.5) is 5.69 Å². The van der Waals surface area contributed by atoms with Crippen LogP contribution < -0.4 is 5.32 Å². The molecule has 7 heteroatoms. The predicted molar refractivity (Wildman–Crippen MR) is 96.2 cm³/mol. The topological polar surface area (TPSA) is 72.5 Å². The standard InChI is InChI=1S/C17H17NO4S2/c1-10-4-6-16(24-10)17(21)22-9-14(20)12-5-7-15(23-3)13(8-12)18-11(2)19/h4-8H,9H2,1-3H3,(H,18,19). The molecule has 5 nitrogen and oxygen atoms in total. The third-order valence-corrected chi connectivity index (χ3v) is 4.88. The number of amides is 1. The van der Waals surface area contributed by atoms with Gasteiger partial charge in [0.1, 0.15) is 4.88 Å². The molecule has 0 atom stereocenters. The first kappa shape index (κ1) is 18.2. The number of esters is 1. The van der Waals surface area contributed by atoms with E-state index in [-0.39, 0.29) is 18.3 Å². The van der Waals surface area contributed by atoms with Gasteiger partial charge in [0.15, 0.2) is 12.4 Å². The highest BCUT2D eigenvalue weighted by atomic mass is 32.2. The van der Waals surface area contributed by atoms with Crippen molar-refractivity contribution in [1.29, 1.82) is 0 Å². The molecular formula is C17H17NO4S2. The molecular weight excluding hydrogens is 346 g/mol. The third-order valence-electron chi connectivity index (χ3n) is 3.11. The van der Waals surface area contributed by atoms with Gasteiger partial charge in [0.05, 0.1) is 5.69 Å². The second kappa shape index (κ2) is 8.12. The number of thioether (sulfide) groups is 1. The SMILES string of the molecule is CSc1ccc(C(=O)COC(=O)c2ccc(C)s2)cc1NC(C)=O. The van der Waals surface area contributed by atoms with Crippen molar-refractivity contribution in [2.75, 3.05) is 18.2 Å². The summed E-state index contributed by atoms with van der Waals surface area (Å²) < 4.78 is 5.06. The minimum absolute atomic E-state index is 0.214. The molecule has 2 rings (SSSR count). The Morgan fingerprint density at radius 1 is 1.21 bits per heavy atom. The summed E-state index contributed by atoms with van der Waals surface area (Å²) in [6.45, 7) is 2.96. The van der Waals surface area contributed by atoms with E-state index in [0.717, 1.165) is 9.77 Å². The van der Waals surface area contributed by atoms with Crippen molar-refractivity contribution in [2.24, 2.45) is 0 Å². The van der Waals surface area contributed by atoms with Crippen molar-refractivity contribution >= 4 is 46.4 Å². The van der Waals surface area contributed by atoms with Gasteiger partial charge >= 0.3 is 5.97 Å². The average Bonchev–Trinajstić information content (AvgIpc) is 2.98. The van der Waals surface area contributed by atoms with Crippen LogP contribution in [0.3, 0.4) is 0 Å². The number of ether oxygens (including phenoxy) is 1. The lowest BCUT2D eigenvalue weighted by atomic mass is 10.1. The van der Waals surface area contributed by atoms with Crippen LogP contribution in [0.2, 0.25) is 0 Å². The first-order chi connectivity index (χ1) is 11.4. The Kier molecular flexibility index (Phi) is 6.16. The molecule has 0 aliphatic carbocycles. The van der Waals surface area contributed by atoms with Crippen LogP contribution in [0.1, 0.15) is 31.8 Å². The van der Waals surface area contributed by atoms with Gasteiger partial charge < -0.3 is 10.1 Å². The highest BCUT2D eigenvalue weighted by Crippen LogP contribution is 2.26. The number of nitrogens with one attached hydrogen (secondary N) is 1. The molecule has 0 spiro atoms. The fourth-order valence-electron chi connectivity index (χ4n) is 2.00. The Labute approximate surface area is 148 Å². The summed E-state index contributed by atoms with van der Waals surface area (Å²) in [5.74, 6) is -1.05. The minimum atomic E-state index is -0.510. The lowest BCUT2D eigenvalue weighted by Gasteiger charge is -2.10. The summed E-state index contributed by atoms with van der Waals surface area (Å²) in [4.78, 5) is 37.7. The van der Waals surface area contributed by atoms with Gasteiger partial charge in [-0.15, -0.1) is 23.1 Å². The molecule has 0 radical (unpaired) electrons. The predicted octanol–water partition coefficient (Wildman–Crippen LogP) is 3.78. The van der Waals surface area contributed by atoms with E-state index >= 15 is 0 Å². The molecule has 126 valence electrons. The van der Waals surface area contributed by atoms with Crippen LogP contribution in [0.5, 0.6) is 0 Å². The van der Waals surface area contributed by atoms with Gasteiger partial charge in [-0.25, -0.2) is 4.79 Å². The summed E-state index contributed by atoms with van der Waals surface area (Å²) >= 11 is 2.79. The quantitative estimate of drug-likeness (QED) is 0.480. The normalized spacial score (nSPS) is 10.3. The Morgan fingerprint density at radius 2 is 1.96 bits per heavy atom. The van der Waals surface area contributed by atoms with Crippen LogP contribution in [-0.2, 0) is 9.53 Å². The average molecular weight is 363 g/mol. The van der Waals surface area contributed by atoms with Crippen LogP contribution >= 0.6 is 23.1 Å². The van der Waals surface area contributed by atoms with E-state index < -0.39 is 5.97 Å². The van der Waals surface area contributed by atoms with Crippen LogP contribution in [-0.4, -0.2) is 30.5 Å². The molecule has 1 aromatic heterocycles. The minimum Gasteiger partial charge on any atom is -0.453 e. The molecule has 1 heterocycles. The molecule has 0 aliphatic heterocycles. The number of rotatable bonds is 6. The maximum absolute atomic E-state index is 12.2. The van der Waals surface area contributed by atoms with E-state index in [1.165, 1.54) is 30.0 Å². The van der Waals surface area contributed by atoms with Gasteiger partial charge in [-0.3, -0.25) is 9.59 Å². The summed E-state index contributed by atoms with van der Waals surface area (Å²) in [5.41, 5.74) is 0.952. The Bertz CT molecular complexity index is 783. The number of aryl methyl sites for hydroxylation is 1. The van der Waals surface area contributed by atoms with E-state index in [4.69, 9.17) is 4.74 Å². The van der Waals surface area contributed by atoms with Gasteiger partial charge in [0.2, 0.25) is 5.91 Å². The maximum atomic E-state index is 12.2.